The first-order chi connectivity index (χ1) is 7.16. The van der Waals surface area contributed by atoms with Crippen LogP contribution in [0, 0.1) is 11.8 Å². The predicted molar refractivity (Wildman–Crippen MR) is 46.8 cm³/mol. The van der Waals surface area contributed by atoms with E-state index in [9.17, 15) is 26.3 Å². The molecule has 0 saturated heterocycles. The van der Waals surface area contributed by atoms with E-state index in [1.54, 1.807) is 32.1 Å². The molecule has 0 aromatic heterocycles. The van der Waals surface area contributed by atoms with Crippen molar-refractivity contribution in [3.63, 3.8) is 0 Å². The maximum atomic E-state index is 10.8. The van der Waals surface area contributed by atoms with Crippen LogP contribution in [0.25, 0.3) is 0 Å². The summed E-state index contributed by atoms with van der Waals surface area (Å²) in [6, 6.07) is 0. The molecule has 96 valence electrons. The van der Waals surface area contributed by atoms with E-state index in [0.717, 1.165) is 0 Å². The Hall–Kier alpha value is -0.420. The molecule has 2 aliphatic carbocycles. The Morgan fingerprint density at radius 3 is 1.06 bits per heavy atom. The number of hydrogen-bond acceptors (Lipinski definition) is 0. The highest BCUT2D eigenvalue weighted by Gasteiger charge is 2.43. The highest BCUT2D eigenvalue weighted by atomic mass is 19.4. The molecule has 2 rings (SSSR count). The number of rotatable bonds is 0. The molecule has 2 bridgehead atoms. The van der Waals surface area contributed by atoms with Gasteiger partial charge >= 0.3 is 12.4 Å². The van der Waals surface area contributed by atoms with E-state index in [1.165, 1.54) is 11.8 Å². The van der Waals surface area contributed by atoms with Gasteiger partial charge in [0, 0.05) is 0 Å². The standard InChI is InChI=1S/C7H12.C3H2F6/c1-2-7-4-3-6(1)5-7;4-2(5,6)1-3(7,8)9/h6-7H,1-5H2;1H2. The Morgan fingerprint density at radius 1 is 0.688 bits per heavy atom. The third-order valence-electron chi connectivity index (χ3n) is 3.03. The minimum absolute atomic E-state index is 1.17. The Labute approximate surface area is 90.0 Å². The number of alkyl halides is 6. The van der Waals surface area contributed by atoms with Crippen LogP contribution in [-0.2, 0) is 0 Å². The first-order valence-electron chi connectivity index (χ1n) is 5.29. The molecule has 0 aliphatic heterocycles. The van der Waals surface area contributed by atoms with Crippen LogP contribution in [0.15, 0.2) is 0 Å². The maximum Gasteiger partial charge on any atom is 0.397 e. The van der Waals surface area contributed by atoms with Crippen molar-refractivity contribution in [3.8, 4) is 0 Å². The van der Waals surface area contributed by atoms with Gasteiger partial charge in [-0.05, 0) is 18.3 Å². The summed E-state index contributed by atoms with van der Waals surface area (Å²) in [7, 11) is 0. The van der Waals surface area contributed by atoms with Gasteiger partial charge in [0.25, 0.3) is 0 Å². The molecule has 0 heterocycles. The number of hydrogen-bond donors (Lipinski definition) is 0. The largest absolute Gasteiger partial charge is 0.397 e. The molecule has 0 nitrogen and oxygen atoms in total. The molecule has 2 aliphatic rings. The lowest BCUT2D eigenvalue weighted by molar-refractivity contribution is -0.232. The Balaban J connectivity index is 0.000000163. The Bertz CT molecular complexity index is 186. The average molecular weight is 248 g/mol. The molecule has 0 aromatic rings. The van der Waals surface area contributed by atoms with Crippen LogP contribution < -0.4 is 0 Å². The molecule has 6 heteroatoms. The fourth-order valence-electron chi connectivity index (χ4n) is 2.40. The summed E-state index contributed by atoms with van der Waals surface area (Å²) in [4.78, 5) is 0. The second-order valence-electron chi connectivity index (χ2n) is 4.53. The minimum Gasteiger partial charge on any atom is -0.171 e. The predicted octanol–water partition coefficient (Wildman–Crippen LogP) is 4.70. The Morgan fingerprint density at radius 2 is 1.00 bits per heavy atom. The van der Waals surface area contributed by atoms with E-state index in [-0.39, 0.29) is 0 Å². The van der Waals surface area contributed by atoms with Crippen molar-refractivity contribution >= 4 is 0 Å². The van der Waals surface area contributed by atoms with E-state index in [4.69, 9.17) is 0 Å². The van der Waals surface area contributed by atoms with E-state index in [1.807, 2.05) is 0 Å². The van der Waals surface area contributed by atoms with Gasteiger partial charge in [-0.2, -0.15) is 26.3 Å². The molecule has 0 spiro atoms. The summed E-state index contributed by atoms with van der Waals surface area (Å²) in [6.07, 6.45) is -5.17. The van der Waals surface area contributed by atoms with Crippen molar-refractivity contribution in [1.82, 2.24) is 0 Å². The van der Waals surface area contributed by atoms with Gasteiger partial charge in [-0.25, -0.2) is 0 Å². The Kier molecular flexibility index (Phi) is 4.12. The second kappa shape index (κ2) is 4.84. The van der Waals surface area contributed by atoms with Crippen molar-refractivity contribution in [1.29, 1.82) is 0 Å². The quantitative estimate of drug-likeness (QED) is 0.545. The van der Waals surface area contributed by atoms with Crippen molar-refractivity contribution in [2.24, 2.45) is 11.8 Å². The molecular weight excluding hydrogens is 234 g/mol. The normalized spacial score (nSPS) is 28.9. The summed E-state index contributed by atoms with van der Waals surface area (Å²) in [6.45, 7) is 0. The first kappa shape index (κ1) is 13.6. The number of halogens is 6. The third-order valence-corrected chi connectivity index (χ3v) is 3.03. The monoisotopic (exact) mass is 248 g/mol. The molecular formula is C10H14F6. The van der Waals surface area contributed by atoms with Gasteiger partial charge in [0.1, 0.15) is 6.42 Å². The van der Waals surface area contributed by atoms with Gasteiger partial charge in [-0.3, -0.25) is 0 Å². The first-order valence-corrected chi connectivity index (χ1v) is 5.29. The lowest BCUT2D eigenvalue weighted by atomic mass is 10.0. The van der Waals surface area contributed by atoms with Crippen LogP contribution in [0.4, 0.5) is 26.3 Å². The molecule has 16 heavy (non-hydrogen) atoms. The topological polar surface area (TPSA) is 0 Å². The van der Waals surface area contributed by atoms with Gasteiger partial charge < -0.3 is 0 Å². The molecule has 0 radical (unpaired) electrons. The van der Waals surface area contributed by atoms with Gasteiger partial charge in [0.15, 0.2) is 0 Å². The van der Waals surface area contributed by atoms with Crippen LogP contribution in [0.3, 0.4) is 0 Å². The molecule has 0 amide bonds. The lowest BCUT2D eigenvalue weighted by Gasteiger charge is -2.08. The fraction of sp³-hybridized carbons (Fsp3) is 1.00. The van der Waals surface area contributed by atoms with Crippen LogP contribution in [0.5, 0.6) is 0 Å². The SMILES string of the molecule is C1CC2CCC1C2.FC(F)(F)CC(F)(F)F. The van der Waals surface area contributed by atoms with E-state index in [0.29, 0.717) is 0 Å². The van der Waals surface area contributed by atoms with Gasteiger partial charge in [-0.15, -0.1) is 0 Å². The molecule has 0 unspecified atom stereocenters. The van der Waals surface area contributed by atoms with Crippen LogP contribution in [0.2, 0.25) is 0 Å². The zero-order valence-electron chi connectivity index (χ0n) is 8.67. The molecule has 0 aromatic carbocycles. The van der Waals surface area contributed by atoms with E-state index >= 15 is 0 Å². The van der Waals surface area contributed by atoms with Crippen LogP contribution in [0.1, 0.15) is 38.5 Å². The van der Waals surface area contributed by atoms with E-state index < -0.39 is 18.8 Å². The van der Waals surface area contributed by atoms with Crippen LogP contribution in [-0.4, -0.2) is 12.4 Å². The molecule has 2 fully saturated rings. The highest BCUT2D eigenvalue weighted by molar-refractivity contribution is 4.82. The smallest absolute Gasteiger partial charge is 0.171 e. The summed E-state index contributed by atoms with van der Waals surface area (Å²) in [5.74, 6) is 2.34. The summed E-state index contributed by atoms with van der Waals surface area (Å²) in [5, 5.41) is 0. The summed E-state index contributed by atoms with van der Waals surface area (Å²) >= 11 is 0. The van der Waals surface area contributed by atoms with Crippen molar-refractivity contribution in [2.75, 3.05) is 0 Å². The van der Waals surface area contributed by atoms with Crippen molar-refractivity contribution in [3.05, 3.63) is 0 Å². The zero-order chi connectivity index (χ0) is 12.4. The molecule has 2 saturated carbocycles. The van der Waals surface area contributed by atoms with Crippen molar-refractivity contribution in [2.45, 2.75) is 50.9 Å². The van der Waals surface area contributed by atoms with Crippen LogP contribution >= 0.6 is 0 Å². The molecule has 0 atom stereocenters. The number of fused-ring (bicyclic) bond motifs is 2. The van der Waals surface area contributed by atoms with E-state index in [2.05, 4.69) is 0 Å². The summed E-state index contributed by atoms with van der Waals surface area (Å²) in [5.41, 5.74) is 0. The maximum absolute atomic E-state index is 10.8. The highest BCUT2D eigenvalue weighted by Crippen LogP contribution is 2.43. The van der Waals surface area contributed by atoms with Gasteiger partial charge in [-0.1, -0.05) is 25.7 Å². The fourth-order valence-corrected chi connectivity index (χ4v) is 2.40. The second-order valence-corrected chi connectivity index (χ2v) is 4.53. The van der Waals surface area contributed by atoms with Gasteiger partial charge in [0.2, 0.25) is 0 Å². The van der Waals surface area contributed by atoms with Crippen molar-refractivity contribution < 1.29 is 26.3 Å². The molecule has 0 N–H and O–H groups in total. The summed E-state index contributed by atoms with van der Waals surface area (Å²) < 4.78 is 65.0. The third kappa shape index (κ3) is 5.61. The average Bonchev–Trinajstić information content (AvgIpc) is 2.58. The zero-order valence-corrected chi connectivity index (χ0v) is 8.67. The van der Waals surface area contributed by atoms with Gasteiger partial charge in [0.05, 0.1) is 0 Å². The lowest BCUT2D eigenvalue weighted by Crippen LogP contribution is -2.20. The minimum atomic E-state index is -5.14.